The van der Waals surface area contributed by atoms with Crippen molar-refractivity contribution in [2.45, 2.75) is 26.3 Å². The number of aryl methyl sites for hydroxylation is 1. The molecule has 0 radical (unpaired) electrons. The summed E-state index contributed by atoms with van der Waals surface area (Å²) in [5.41, 5.74) is 7.63. The third-order valence-electron chi connectivity index (χ3n) is 2.61. The zero-order valence-corrected chi connectivity index (χ0v) is 10.5. The van der Waals surface area contributed by atoms with Crippen molar-refractivity contribution in [3.05, 3.63) is 47.9 Å². The molecular weight excluding hydrogens is 226 g/mol. The number of nitrogens with two attached hydrogens (primary N) is 1. The van der Waals surface area contributed by atoms with E-state index in [1.807, 2.05) is 30.3 Å². The first-order chi connectivity index (χ1) is 8.83. The summed E-state index contributed by atoms with van der Waals surface area (Å²) in [6.07, 6.45) is 3.51. The summed E-state index contributed by atoms with van der Waals surface area (Å²) < 4.78 is 5.76. The van der Waals surface area contributed by atoms with Gasteiger partial charge in [0, 0.05) is 23.9 Å². The highest BCUT2D eigenvalue weighted by atomic mass is 16.5. The van der Waals surface area contributed by atoms with E-state index in [4.69, 9.17) is 10.5 Å². The quantitative estimate of drug-likeness (QED) is 0.877. The van der Waals surface area contributed by atoms with E-state index in [9.17, 15) is 0 Å². The van der Waals surface area contributed by atoms with Crippen molar-refractivity contribution in [2.24, 2.45) is 5.73 Å². The second-order valence-electron chi connectivity index (χ2n) is 4.01. The van der Waals surface area contributed by atoms with Crippen LogP contribution in [0.15, 0.2) is 36.7 Å². The monoisotopic (exact) mass is 243 g/mol. The molecule has 0 atom stereocenters. The van der Waals surface area contributed by atoms with Gasteiger partial charge < -0.3 is 10.5 Å². The summed E-state index contributed by atoms with van der Waals surface area (Å²) in [5.74, 6) is 1.32. The molecule has 0 fully saturated rings. The number of ether oxygens (including phenoxy) is 1. The van der Waals surface area contributed by atoms with Crippen LogP contribution in [0.25, 0.3) is 0 Å². The topological polar surface area (TPSA) is 61.0 Å². The van der Waals surface area contributed by atoms with Crippen LogP contribution in [0.2, 0.25) is 0 Å². The summed E-state index contributed by atoms with van der Waals surface area (Å²) in [5, 5.41) is 0. The Labute approximate surface area is 107 Å². The highest BCUT2D eigenvalue weighted by Crippen LogP contribution is 2.23. The molecule has 0 spiro atoms. The zero-order chi connectivity index (χ0) is 12.8. The molecule has 0 aliphatic carbocycles. The van der Waals surface area contributed by atoms with Crippen LogP contribution in [0.1, 0.15) is 24.6 Å². The van der Waals surface area contributed by atoms with Crippen molar-refractivity contribution in [1.82, 2.24) is 9.97 Å². The predicted molar refractivity (Wildman–Crippen MR) is 70.4 cm³/mol. The number of hydrogen-bond acceptors (Lipinski definition) is 4. The second-order valence-corrected chi connectivity index (χ2v) is 4.01. The van der Waals surface area contributed by atoms with Crippen molar-refractivity contribution in [3.8, 4) is 11.6 Å². The number of para-hydroxylation sites is 1. The third-order valence-corrected chi connectivity index (χ3v) is 2.61. The van der Waals surface area contributed by atoms with Crippen LogP contribution >= 0.6 is 0 Å². The maximum absolute atomic E-state index is 5.76. The molecule has 0 aliphatic heterocycles. The van der Waals surface area contributed by atoms with Gasteiger partial charge in [0.15, 0.2) is 0 Å². The first kappa shape index (κ1) is 12.5. The fraction of sp³-hybridized carbons (Fsp3) is 0.286. The van der Waals surface area contributed by atoms with E-state index in [0.29, 0.717) is 12.4 Å². The molecule has 0 aliphatic rings. The highest BCUT2D eigenvalue weighted by molar-refractivity contribution is 5.35. The van der Waals surface area contributed by atoms with Crippen molar-refractivity contribution in [1.29, 1.82) is 0 Å². The van der Waals surface area contributed by atoms with Crippen molar-refractivity contribution in [2.75, 3.05) is 0 Å². The standard InChI is InChI=1S/C14H17N3O/c1-2-5-12-8-14(17-10-16-12)18-13-7-4-3-6-11(13)9-15/h3-4,6-8,10H,2,5,9,15H2,1H3. The molecule has 0 saturated heterocycles. The smallest absolute Gasteiger partial charge is 0.222 e. The third kappa shape index (κ3) is 3.05. The molecule has 18 heavy (non-hydrogen) atoms. The Morgan fingerprint density at radius 3 is 2.83 bits per heavy atom. The Morgan fingerprint density at radius 2 is 2.06 bits per heavy atom. The highest BCUT2D eigenvalue weighted by Gasteiger charge is 2.04. The van der Waals surface area contributed by atoms with Crippen LogP contribution in [0.5, 0.6) is 11.6 Å². The molecule has 0 bridgehead atoms. The van der Waals surface area contributed by atoms with Gasteiger partial charge in [-0.2, -0.15) is 0 Å². The average Bonchev–Trinajstić information content (AvgIpc) is 2.40. The zero-order valence-electron chi connectivity index (χ0n) is 10.5. The van der Waals surface area contributed by atoms with Gasteiger partial charge in [-0.05, 0) is 12.5 Å². The molecule has 2 rings (SSSR count). The van der Waals surface area contributed by atoms with Crippen LogP contribution in [0.4, 0.5) is 0 Å². The minimum atomic E-state index is 0.447. The van der Waals surface area contributed by atoms with Gasteiger partial charge in [0.05, 0.1) is 0 Å². The lowest BCUT2D eigenvalue weighted by Crippen LogP contribution is -2.00. The molecule has 0 unspecified atom stereocenters. The fourth-order valence-corrected chi connectivity index (χ4v) is 1.71. The van der Waals surface area contributed by atoms with Gasteiger partial charge >= 0.3 is 0 Å². The molecular formula is C14H17N3O. The molecule has 4 nitrogen and oxygen atoms in total. The normalized spacial score (nSPS) is 10.3. The number of benzene rings is 1. The predicted octanol–water partition coefficient (Wildman–Crippen LogP) is 2.68. The van der Waals surface area contributed by atoms with Crippen LogP contribution in [0, 0.1) is 0 Å². The minimum absolute atomic E-state index is 0.447. The van der Waals surface area contributed by atoms with E-state index >= 15 is 0 Å². The van der Waals surface area contributed by atoms with E-state index in [0.717, 1.165) is 29.8 Å². The number of nitrogens with zero attached hydrogens (tertiary/aromatic N) is 2. The first-order valence-corrected chi connectivity index (χ1v) is 6.10. The Balaban J connectivity index is 2.20. The lowest BCUT2D eigenvalue weighted by atomic mass is 10.2. The molecule has 2 aromatic rings. The van der Waals surface area contributed by atoms with E-state index in [2.05, 4.69) is 16.9 Å². The summed E-state index contributed by atoms with van der Waals surface area (Å²) >= 11 is 0. The van der Waals surface area contributed by atoms with E-state index in [1.54, 1.807) is 0 Å². The largest absolute Gasteiger partial charge is 0.439 e. The molecule has 0 amide bonds. The van der Waals surface area contributed by atoms with Gasteiger partial charge in [0.25, 0.3) is 0 Å². The van der Waals surface area contributed by atoms with Gasteiger partial charge in [-0.15, -0.1) is 0 Å². The average molecular weight is 243 g/mol. The Hall–Kier alpha value is -1.94. The summed E-state index contributed by atoms with van der Waals surface area (Å²) in [6.45, 7) is 2.56. The van der Waals surface area contributed by atoms with Crippen molar-refractivity contribution < 1.29 is 4.74 Å². The lowest BCUT2D eigenvalue weighted by Gasteiger charge is -2.09. The van der Waals surface area contributed by atoms with Crippen LogP contribution in [0.3, 0.4) is 0 Å². The summed E-state index contributed by atoms with van der Waals surface area (Å²) in [7, 11) is 0. The Kier molecular flexibility index (Phi) is 4.25. The van der Waals surface area contributed by atoms with Crippen LogP contribution < -0.4 is 10.5 Å². The summed E-state index contributed by atoms with van der Waals surface area (Å²) in [6, 6.07) is 9.57. The van der Waals surface area contributed by atoms with Crippen LogP contribution in [-0.2, 0) is 13.0 Å². The van der Waals surface area contributed by atoms with Gasteiger partial charge in [-0.25, -0.2) is 9.97 Å². The van der Waals surface area contributed by atoms with Gasteiger partial charge in [0.2, 0.25) is 5.88 Å². The molecule has 2 N–H and O–H groups in total. The number of rotatable bonds is 5. The molecule has 1 heterocycles. The summed E-state index contributed by atoms with van der Waals surface area (Å²) in [4.78, 5) is 8.32. The van der Waals surface area contributed by atoms with E-state index in [-0.39, 0.29) is 0 Å². The van der Waals surface area contributed by atoms with Crippen LogP contribution in [-0.4, -0.2) is 9.97 Å². The first-order valence-electron chi connectivity index (χ1n) is 6.10. The van der Waals surface area contributed by atoms with Gasteiger partial charge in [-0.3, -0.25) is 0 Å². The molecule has 1 aromatic carbocycles. The Bertz CT molecular complexity index is 514. The molecule has 94 valence electrons. The van der Waals surface area contributed by atoms with Crippen molar-refractivity contribution in [3.63, 3.8) is 0 Å². The van der Waals surface area contributed by atoms with E-state index in [1.165, 1.54) is 6.33 Å². The second kappa shape index (κ2) is 6.12. The SMILES string of the molecule is CCCc1cc(Oc2ccccc2CN)ncn1. The van der Waals surface area contributed by atoms with Crippen molar-refractivity contribution >= 4 is 0 Å². The number of aromatic nitrogens is 2. The maximum atomic E-state index is 5.76. The molecule has 4 heteroatoms. The van der Waals surface area contributed by atoms with E-state index < -0.39 is 0 Å². The van der Waals surface area contributed by atoms with Gasteiger partial charge in [0.1, 0.15) is 12.1 Å². The molecule has 0 saturated carbocycles. The fourth-order valence-electron chi connectivity index (χ4n) is 1.71. The van der Waals surface area contributed by atoms with Gasteiger partial charge in [-0.1, -0.05) is 31.5 Å². The lowest BCUT2D eigenvalue weighted by molar-refractivity contribution is 0.454. The number of hydrogen-bond donors (Lipinski definition) is 1. The Morgan fingerprint density at radius 1 is 1.22 bits per heavy atom. The maximum Gasteiger partial charge on any atom is 0.222 e. The minimum Gasteiger partial charge on any atom is -0.439 e. The molecule has 1 aromatic heterocycles.